The van der Waals surface area contributed by atoms with Crippen LogP contribution in [0.1, 0.15) is 88.3 Å². The molecule has 0 radical (unpaired) electrons. The predicted octanol–water partition coefficient (Wildman–Crippen LogP) is 1.41. The minimum atomic E-state index is -1.82. The van der Waals surface area contributed by atoms with Gasteiger partial charge in [-0.2, -0.15) is 0 Å². The van der Waals surface area contributed by atoms with E-state index >= 15 is 0 Å². The molecular weight excluding hydrogens is 550 g/mol. The van der Waals surface area contributed by atoms with Gasteiger partial charge in [-0.05, 0) is 19.4 Å². The first-order valence-corrected chi connectivity index (χ1v) is 14.2. The van der Waals surface area contributed by atoms with Crippen LogP contribution in [0.25, 0.3) is 0 Å². The zero-order valence-electron chi connectivity index (χ0n) is 23.3. The highest BCUT2D eigenvalue weighted by atomic mass is 16.7. The molecule has 226 valence electrons. The molecule has 0 bridgehead atoms. The highest BCUT2D eigenvalue weighted by Crippen LogP contribution is 2.56. The molecule has 42 heavy (non-hydrogen) atoms. The van der Waals surface area contributed by atoms with Gasteiger partial charge in [-0.15, -0.1) is 0 Å². The van der Waals surface area contributed by atoms with Gasteiger partial charge in [0.15, 0.2) is 12.1 Å². The highest BCUT2D eigenvalue weighted by Gasteiger charge is 2.52. The number of aliphatic hydroxyl groups excluding tert-OH is 2. The van der Waals surface area contributed by atoms with Gasteiger partial charge in [0, 0.05) is 48.7 Å². The molecule has 3 unspecified atom stereocenters. The molecule has 6 N–H and O–H groups in total. The topological polar surface area (TPSA) is 186 Å². The molecule has 0 spiro atoms. The molecule has 2 aromatic carbocycles. The van der Waals surface area contributed by atoms with Gasteiger partial charge < -0.3 is 44.8 Å². The van der Waals surface area contributed by atoms with Crippen LogP contribution in [-0.4, -0.2) is 104 Å². The number of aliphatic hydroxyl groups is 3. The van der Waals surface area contributed by atoms with Crippen LogP contribution >= 0.6 is 0 Å². The Kier molecular flexibility index (Phi) is 7.29. The van der Waals surface area contributed by atoms with Crippen molar-refractivity contribution in [2.24, 2.45) is 0 Å². The lowest BCUT2D eigenvalue weighted by atomic mass is 9.70. The van der Waals surface area contributed by atoms with Crippen LogP contribution in [0.3, 0.4) is 0 Å². The van der Waals surface area contributed by atoms with Crippen molar-refractivity contribution in [2.75, 3.05) is 26.3 Å². The standard InChI is InChI=1S/C30H35NO11/c1-3-30(39)12-17(42-18-11-15(24(33)13(2)41-18)31-7-9-40-10-8-31)20-23(29(30)38)28(37)21-22(27(20)36)26(35)19-14(25(21)34)5-4-6-16(19)32/h4-6,13,15,17-18,24,29,32-33,36-39H,3,7-12H2,1-2H3/t13-,15+,17?,18+,24+,29?,30?/m1/s1. The first-order chi connectivity index (χ1) is 20.0. The summed E-state index contributed by atoms with van der Waals surface area (Å²) in [6.45, 7) is 5.61. The molecule has 6 rings (SSSR count). The monoisotopic (exact) mass is 585 g/mol. The lowest BCUT2D eigenvalue weighted by molar-refractivity contribution is -0.264. The number of hydrogen-bond donors (Lipinski definition) is 6. The molecule has 7 atom stereocenters. The summed E-state index contributed by atoms with van der Waals surface area (Å²) in [5, 5.41) is 67.1. The Morgan fingerprint density at radius 1 is 1.00 bits per heavy atom. The third-order valence-electron chi connectivity index (χ3n) is 9.25. The van der Waals surface area contributed by atoms with E-state index in [4.69, 9.17) is 14.2 Å². The molecule has 12 nitrogen and oxygen atoms in total. The summed E-state index contributed by atoms with van der Waals surface area (Å²) in [6, 6.07) is 3.60. The fourth-order valence-electron chi connectivity index (χ4n) is 6.86. The van der Waals surface area contributed by atoms with Gasteiger partial charge in [0.05, 0.1) is 53.8 Å². The summed E-state index contributed by atoms with van der Waals surface area (Å²) < 4.78 is 17.8. The highest BCUT2D eigenvalue weighted by molar-refractivity contribution is 6.31. The number of aromatic hydroxyl groups is 3. The van der Waals surface area contributed by atoms with Crippen molar-refractivity contribution in [3.05, 3.63) is 51.6 Å². The number of ether oxygens (including phenoxy) is 3. The second-order valence-corrected chi connectivity index (χ2v) is 11.5. The van der Waals surface area contributed by atoms with Crippen molar-refractivity contribution in [3.8, 4) is 17.2 Å². The van der Waals surface area contributed by atoms with Crippen LogP contribution in [0.2, 0.25) is 0 Å². The van der Waals surface area contributed by atoms with Crippen molar-refractivity contribution in [1.82, 2.24) is 4.90 Å². The van der Waals surface area contributed by atoms with E-state index in [1.165, 1.54) is 18.2 Å². The summed E-state index contributed by atoms with van der Waals surface area (Å²) in [5.74, 6) is -3.61. The number of morpholine rings is 1. The molecule has 2 fully saturated rings. The van der Waals surface area contributed by atoms with Crippen molar-refractivity contribution in [2.45, 2.75) is 75.5 Å². The summed E-state index contributed by atoms with van der Waals surface area (Å²) in [4.78, 5) is 29.2. The number of rotatable bonds is 4. The quantitative estimate of drug-likeness (QED) is 0.242. The first-order valence-electron chi connectivity index (χ1n) is 14.2. The van der Waals surface area contributed by atoms with Gasteiger partial charge in [-0.25, -0.2) is 0 Å². The first kappa shape index (κ1) is 29.0. The number of nitrogens with zero attached hydrogens (tertiary/aromatic N) is 1. The molecule has 0 saturated carbocycles. The normalized spacial score (nSPS) is 33.2. The van der Waals surface area contributed by atoms with E-state index in [1.807, 2.05) is 0 Å². The average Bonchev–Trinajstić information content (AvgIpc) is 2.97. The molecule has 0 aromatic heterocycles. The van der Waals surface area contributed by atoms with Gasteiger partial charge in [0.25, 0.3) is 0 Å². The lowest BCUT2D eigenvalue weighted by Crippen LogP contribution is -2.58. The molecule has 2 heterocycles. The SMILES string of the molecule is CCC1(O)CC(O[C@H]2C[C@H](N3CCOCC3)[C@@H](O)[C@@H](C)O2)c2c(O)c3c(c(O)c2C1O)C(=O)c1cccc(O)c1C3=O. The fourth-order valence-corrected chi connectivity index (χ4v) is 6.86. The van der Waals surface area contributed by atoms with Crippen LogP contribution in [0.4, 0.5) is 0 Å². The summed E-state index contributed by atoms with van der Waals surface area (Å²) >= 11 is 0. The Morgan fingerprint density at radius 2 is 1.67 bits per heavy atom. The van der Waals surface area contributed by atoms with Gasteiger partial charge in [0.1, 0.15) is 23.4 Å². The van der Waals surface area contributed by atoms with Gasteiger partial charge >= 0.3 is 0 Å². The van der Waals surface area contributed by atoms with E-state index in [-0.39, 0.29) is 47.6 Å². The van der Waals surface area contributed by atoms with Crippen LogP contribution in [0, 0.1) is 0 Å². The lowest BCUT2D eigenvalue weighted by Gasteiger charge is -2.47. The Bertz CT molecular complexity index is 1440. The molecule has 4 aliphatic rings. The number of hydrogen-bond acceptors (Lipinski definition) is 12. The second-order valence-electron chi connectivity index (χ2n) is 11.5. The van der Waals surface area contributed by atoms with E-state index in [0.29, 0.717) is 26.3 Å². The number of carbonyl (C=O) groups excluding carboxylic acids is 2. The Labute approximate surface area is 241 Å². The molecule has 2 aliphatic carbocycles. The summed E-state index contributed by atoms with van der Waals surface area (Å²) in [7, 11) is 0. The van der Waals surface area contributed by atoms with Crippen LogP contribution < -0.4 is 0 Å². The maximum atomic E-state index is 13.6. The third kappa shape index (κ3) is 4.32. The maximum Gasteiger partial charge on any atom is 0.202 e. The zero-order chi connectivity index (χ0) is 30.1. The predicted molar refractivity (Wildman–Crippen MR) is 145 cm³/mol. The molecule has 0 amide bonds. The number of phenolic OH excluding ortho intramolecular Hbond substituents is 3. The smallest absolute Gasteiger partial charge is 0.202 e. The number of carbonyl (C=O) groups is 2. The van der Waals surface area contributed by atoms with E-state index in [0.717, 1.165) is 0 Å². The Hall–Kier alpha value is -3.10. The average molecular weight is 586 g/mol. The number of phenols is 3. The van der Waals surface area contributed by atoms with E-state index in [2.05, 4.69) is 4.90 Å². The van der Waals surface area contributed by atoms with Crippen LogP contribution in [0.15, 0.2) is 18.2 Å². The number of benzene rings is 2. The van der Waals surface area contributed by atoms with Gasteiger partial charge in [0.2, 0.25) is 5.78 Å². The van der Waals surface area contributed by atoms with Gasteiger partial charge in [-0.1, -0.05) is 19.1 Å². The van der Waals surface area contributed by atoms with Crippen LogP contribution in [-0.2, 0) is 14.2 Å². The van der Waals surface area contributed by atoms with E-state index < -0.39 is 76.2 Å². The van der Waals surface area contributed by atoms with Crippen LogP contribution in [0.5, 0.6) is 17.2 Å². The third-order valence-corrected chi connectivity index (χ3v) is 9.25. The summed E-state index contributed by atoms with van der Waals surface area (Å²) in [5.41, 5.74) is -3.80. The van der Waals surface area contributed by atoms with Crippen molar-refractivity contribution < 1.29 is 54.4 Å². The summed E-state index contributed by atoms with van der Waals surface area (Å²) in [6.07, 6.45) is -5.23. The zero-order valence-corrected chi connectivity index (χ0v) is 23.3. The van der Waals surface area contributed by atoms with Crippen molar-refractivity contribution in [3.63, 3.8) is 0 Å². The number of fused-ring (bicyclic) bond motifs is 3. The van der Waals surface area contributed by atoms with Gasteiger partial charge in [-0.3, -0.25) is 14.5 Å². The van der Waals surface area contributed by atoms with Crippen molar-refractivity contribution in [1.29, 1.82) is 0 Å². The fraction of sp³-hybridized carbons (Fsp3) is 0.533. The minimum absolute atomic E-state index is 0.0331. The molecule has 2 aromatic rings. The van der Waals surface area contributed by atoms with E-state index in [9.17, 15) is 40.2 Å². The largest absolute Gasteiger partial charge is 0.507 e. The van der Waals surface area contributed by atoms with Crippen molar-refractivity contribution >= 4 is 11.6 Å². The molecule has 2 saturated heterocycles. The maximum absolute atomic E-state index is 13.6. The molecule has 2 aliphatic heterocycles. The minimum Gasteiger partial charge on any atom is -0.507 e. The Balaban J connectivity index is 1.44. The second kappa shape index (κ2) is 10.6. The Morgan fingerprint density at radius 3 is 2.36 bits per heavy atom. The molecular formula is C30H35NO11. The van der Waals surface area contributed by atoms with E-state index in [1.54, 1.807) is 13.8 Å². The number of ketones is 2. The molecule has 12 heteroatoms.